The standard InChI is InChI=1S/C7H13NO/c1-3-7-6(2)8-4-5-9-7/h7H,3-5H2,1-2H3. The van der Waals surface area contributed by atoms with Gasteiger partial charge in [-0.25, -0.2) is 0 Å². The maximum atomic E-state index is 5.41. The largest absolute Gasteiger partial charge is 0.370 e. The molecule has 0 aromatic rings. The fourth-order valence-corrected chi connectivity index (χ4v) is 1.05. The molecule has 1 aliphatic rings. The van der Waals surface area contributed by atoms with Crippen molar-refractivity contribution in [2.24, 2.45) is 4.99 Å². The molecule has 1 heterocycles. The molecule has 0 spiro atoms. The van der Waals surface area contributed by atoms with E-state index in [1.165, 1.54) is 0 Å². The van der Waals surface area contributed by atoms with Crippen molar-refractivity contribution < 1.29 is 4.74 Å². The van der Waals surface area contributed by atoms with Gasteiger partial charge >= 0.3 is 0 Å². The Morgan fingerprint density at radius 1 is 1.78 bits per heavy atom. The summed E-state index contributed by atoms with van der Waals surface area (Å²) in [5.74, 6) is 0. The Labute approximate surface area is 55.9 Å². The summed E-state index contributed by atoms with van der Waals surface area (Å²) in [5, 5.41) is 0. The molecule has 0 fully saturated rings. The first-order valence-corrected chi connectivity index (χ1v) is 3.47. The van der Waals surface area contributed by atoms with Crippen LogP contribution in [0.2, 0.25) is 0 Å². The molecule has 1 unspecified atom stereocenters. The van der Waals surface area contributed by atoms with Crippen molar-refractivity contribution in [2.75, 3.05) is 13.2 Å². The summed E-state index contributed by atoms with van der Waals surface area (Å²) >= 11 is 0. The summed E-state index contributed by atoms with van der Waals surface area (Å²) in [6.45, 7) is 5.81. The predicted octanol–water partition coefficient (Wildman–Crippen LogP) is 1.26. The molecule has 0 bridgehead atoms. The Hall–Kier alpha value is -0.370. The predicted molar refractivity (Wildman–Crippen MR) is 38.0 cm³/mol. The summed E-state index contributed by atoms with van der Waals surface area (Å²) in [5.41, 5.74) is 1.16. The van der Waals surface area contributed by atoms with E-state index in [0.29, 0.717) is 6.10 Å². The van der Waals surface area contributed by atoms with Gasteiger partial charge in [0.25, 0.3) is 0 Å². The second kappa shape index (κ2) is 2.97. The van der Waals surface area contributed by atoms with Crippen molar-refractivity contribution in [1.82, 2.24) is 0 Å². The summed E-state index contributed by atoms with van der Waals surface area (Å²) in [7, 11) is 0. The van der Waals surface area contributed by atoms with Crippen LogP contribution in [0.3, 0.4) is 0 Å². The van der Waals surface area contributed by atoms with Crippen molar-refractivity contribution in [2.45, 2.75) is 26.4 Å². The van der Waals surface area contributed by atoms with Crippen LogP contribution in [0.1, 0.15) is 20.3 Å². The summed E-state index contributed by atoms with van der Waals surface area (Å²) < 4.78 is 5.41. The molecular weight excluding hydrogens is 114 g/mol. The third kappa shape index (κ3) is 1.52. The van der Waals surface area contributed by atoms with Crippen LogP contribution in [-0.4, -0.2) is 25.0 Å². The topological polar surface area (TPSA) is 21.6 Å². The average molecular weight is 127 g/mol. The minimum Gasteiger partial charge on any atom is -0.370 e. The van der Waals surface area contributed by atoms with E-state index in [2.05, 4.69) is 11.9 Å². The van der Waals surface area contributed by atoms with Gasteiger partial charge < -0.3 is 4.74 Å². The first-order chi connectivity index (χ1) is 4.34. The highest BCUT2D eigenvalue weighted by Crippen LogP contribution is 2.05. The number of hydrogen-bond acceptors (Lipinski definition) is 2. The van der Waals surface area contributed by atoms with Gasteiger partial charge in [0.15, 0.2) is 0 Å². The number of rotatable bonds is 1. The molecule has 0 aromatic heterocycles. The molecule has 9 heavy (non-hydrogen) atoms. The maximum absolute atomic E-state index is 5.41. The van der Waals surface area contributed by atoms with Gasteiger partial charge in [-0.3, -0.25) is 4.99 Å². The Morgan fingerprint density at radius 3 is 3.00 bits per heavy atom. The van der Waals surface area contributed by atoms with Crippen LogP contribution in [0.4, 0.5) is 0 Å². The zero-order valence-electron chi connectivity index (χ0n) is 6.05. The third-order valence-electron chi connectivity index (χ3n) is 1.61. The van der Waals surface area contributed by atoms with Gasteiger partial charge in [0, 0.05) is 5.71 Å². The van der Waals surface area contributed by atoms with E-state index in [-0.39, 0.29) is 0 Å². The van der Waals surface area contributed by atoms with Crippen LogP contribution in [-0.2, 0) is 4.74 Å². The SMILES string of the molecule is CCC1OCCN=C1C. The Morgan fingerprint density at radius 2 is 2.56 bits per heavy atom. The second-order valence-corrected chi connectivity index (χ2v) is 2.29. The smallest absolute Gasteiger partial charge is 0.0946 e. The van der Waals surface area contributed by atoms with E-state index < -0.39 is 0 Å². The quantitative estimate of drug-likeness (QED) is 0.519. The fourth-order valence-electron chi connectivity index (χ4n) is 1.05. The summed E-state index contributed by atoms with van der Waals surface area (Å²) in [6.07, 6.45) is 1.36. The molecular formula is C7H13NO. The molecule has 1 aliphatic heterocycles. The van der Waals surface area contributed by atoms with Crippen molar-refractivity contribution >= 4 is 5.71 Å². The van der Waals surface area contributed by atoms with Gasteiger partial charge in [-0.15, -0.1) is 0 Å². The molecule has 52 valence electrons. The van der Waals surface area contributed by atoms with Crippen LogP contribution >= 0.6 is 0 Å². The van der Waals surface area contributed by atoms with Gasteiger partial charge in [0.2, 0.25) is 0 Å². The average Bonchev–Trinajstić information content (AvgIpc) is 1.89. The zero-order chi connectivity index (χ0) is 6.69. The third-order valence-corrected chi connectivity index (χ3v) is 1.61. The summed E-state index contributed by atoms with van der Waals surface area (Å²) in [4.78, 5) is 4.27. The molecule has 0 aromatic carbocycles. The van der Waals surface area contributed by atoms with Crippen molar-refractivity contribution in [3.8, 4) is 0 Å². The monoisotopic (exact) mass is 127 g/mol. The lowest BCUT2D eigenvalue weighted by Crippen LogP contribution is -2.27. The molecule has 0 saturated carbocycles. The van der Waals surface area contributed by atoms with E-state index in [4.69, 9.17) is 4.74 Å². The highest BCUT2D eigenvalue weighted by molar-refractivity contribution is 5.86. The highest BCUT2D eigenvalue weighted by Gasteiger charge is 2.12. The lowest BCUT2D eigenvalue weighted by Gasteiger charge is -2.19. The Bertz CT molecular complexity index is 120. The minimum absolute atomic E-state index is 0.304. The van der Waals surface area contributed by atoms with Gasteiger partial charge in [-0.05, 0) is 13.3 Å². The molecule has 0 aliphatic carbocycles. The van der Waals surface area contributed by atoms with Crippen LogP contribution in [0.5, 0.6) is 0 Å². The Balaban J connectivity index is 2.50. The van der Waals surface area contributed by atoms with E-state index in [1.807, 2.05) is 6.92 Å². The van der Waals surface area contributed by atoms with Crippen LogP contribution in [0.25, 0.3) is 0 Å². The van der Waals surface area contributed by atoms with E-state index in [0.717, 1.165) is 25.3 Å². The van der Waals surface area contributed by atoms with Gasteiger partial charge in [-0.1, -0.05) is 6.92 Å². The lowest BCUT2D eigenvalue weighted by molar-refractivity contribution is 0.0923. The number of aliphatic imine (C=N–C) groups is 1. The molecule has 0 amide bonds. The second-order valence-electron chi connectivity index (χ2n) is 2.29. The van der Waals surface area contributed by atoms with Crippen molar-refractivity contribution in [3.05, 3.63) is 0 Å². The lowest BCUT2D eigenvalue weighted by atomic mass is 10.2. The molecule has 2 heteroatoms. The normalized spacial score (nSPS) is 27.8. The molecule has 1 atom stereocenters. The number of nitrogens with zero attached hydrogens (tertiary/aromatic N) is 1. The molecule has 0 saturated heterocycles. The highest BCUT2D eigenvalue weighted by atomic mass is 16.5. The molecule has 0 N–H and O–H groups in total. The minimum atomic E-state index is 0.304. The summed E-state index contributed by atoms with van der Waals surface area (Å²) in [6, 6.07) is 0. The maximum Gasteiger partial charge on any atom is 0.0946 e. The molecule has 0 radical (unpaired) electrons. The van der Waals surface area contributed by atoms with Crippen LogP contribution in [0.15, 0.2) is 4.99 Å². The van der Waals surface area contributed by atoms with Crippen molar-refractivity contribution in [3.63, 3.8) is 0 Å². The van der Waals surface area contributed by atoms with Crippen molar-refractivity contribution in [1.29, 1.82) is 0 Å². The number of ether oxygens (including phenoxy) is 1. The zero-order valence-corrected chi connectivity index (χ0v) is 6.05. The first-order valence-electron chi connectivity index (χ1n) is 3.47. The van der Waals surface area contributed by atoms with E-state index >= 15 is 0 Å². The van der Waals surface area contributed by atoms with Gasteiger partial charge in [0.1, 0.15) is 0 Å². The van der Waals surface area contributed by atoms with Gasteiger partial charge in [0.05, 0.1) is 19.3 Å². The van der Waals surface area contributed by atoms with Gasteiger partial charge in [-0.2, -0.15) is 0 Å². The van der Waals surface area contributed by atoms with E-state index in [9.17, 15) is 0 Å². The van der Waals surface area contributed by atoms with Crippen LogP contribution < -0.4 is 0 Å². The van der Waals surface area contributed by atoms with E-state index in [1.54, 1.807) is 0 Å². The van der Waals surface area contributed by atoms with Crippen LogP contribution in [0, 0.1) is 0 Å². The molecule has 2 nitrogen and oxygen atoms in total. The number of hydrogen-bond donors (Lipinski definition) is 0. The fraction of sp³-hybridized carbons (Fsp3) is 0.857. The first kappa shape index (κ1) is 6.75. The molecule has 1 rings (SSSR count). The Kier molecular flexibility index (Phi) is 2.22.